The average Bonchev–Trinajstić information content (AvgIpc) is 2.50. The number of rotatable bonds is 1. The van der Waals surface area contributed by atoms with Gasteiger partial charge in [0.1, 0.15) is 5.15 Å². The molecule has 1 aromatic rings. The molecule has 0 radical (unpaired) electrons. The second-order valence-electron chi connectivity index (χ2n) is 4.98. The summed E-state index contributed by atoms with van der Waals surface area (Å²) in [6, 6.07) is 7.32. The highest BCUT2D eigenvalue weighted by atomic mass is 35.5. The van der Waals surface area contributed by atoms with Crippen LogP contribution in [0.4, 0.5) is 0 Å². The van der Waals surface area contributed by atoms with Crippen LogP contribution in [0.2, 0.25) is 5.15 Å². The molecule has 3 heteroatoms. The fraction of sp³-hybridized carbons (Fsp3) is 0.615. The molecule has 0 aliphatic carbocycles. The topological polar surface area (TPSA) is 24.9 Å². The molecule has 3 atom stereocenters. The number of pyridine rings is 1. The summed E-state index contributed by atoms with van der Waals surface area (Å²) < 4.78 is 0. The van der Waals surface area contributed by atoms with E-state index in [1.165, 1.54) is 37.8 Å². The van der Waals surface area contributed by atoms with Crippen LogP contribution in [0, 0.1) is 0 Å². The highest BCUT2D eigenvalue weighted by molar-refractivity contribution is 6.29. The molecule has 1 N–H and O–H groups in total. The molecule has 16 heavy (non-hydrogen) atoms. The van der Waals surface area contributed by atoms with Gasteiger partial charge in [-0.25, -0.2) is 4.98 Å². The van der Waals surface area contributed by atoms with E-state index < -0.39 is 0 Å². The number of nitrogens with one attached hydrogen (secondary N) is 1. The minimum atomic E-state index is 0.573. The van der Waals surface area contributed by atoms with Crippen molar-refractivity contribution < 1.29 is 0 Å². The molecule has 2 aliphatic rings. The molecule has 0 amide bonds. The lowest BCUT2D eigenvalue weighted by molar-refractivity contribution is 0.490. The Hall–Kier alpha value is -0.600. The summed E-state index contributed by atoms with van der Waals surface area (Å²) in [7, 11) is 0. The number of halogens is 1. The maximum Gasteiger partial charge on any atom is 0.129 e. The predicted molar refractivity (Wildman–Crippen MR) is 65.8 cm³/mol. The highest BCUT2D eigenvalue weighted by Crippen LogP contribution is 2.36. The van der Waals surface area contributed by atoms with Gasteiger partial charge in [-0.2, -0.15) is 0 Å². The first-order valence-electron chi connectivity index (χ1n) is 6.21. The molecular weight excluding hydrogens is 220 g/mol. The van der Waals surface area contributed by atoms with Crippen LogP contribution in [0.1, 0.15) is 43.7 Å². The van der Waals surface area contributed by atoms with E-state index in [0.717, 1.165) is 0 Å². The average molecular weight is 237 g/mol. The van der Waals surface area contributed by atoms with Crippen molar-refractivity contribution in [3.8, 4) is 0 Å². The third kappa shape index (κ3) is 1.96. The lowest BCUT2D eigenvalue weighted by Gasteiger charge is -2.18. The Balaban J connectivity index is 1.85. The smallest absolute Gasteiger partial charge is 0.129 e. The number of aromatic nitrogens is 1. The van der Waals surface area contributed by atoms with Gasteiger partial charge in [-0.1, -0.05) is 30.5 Å². The third-order valence-corrected chi connectivity index (χ3v) is 4.12. The molecule has 1 aromatic heterocycles. The van der Waals surface area contributed by atoms with Crippen molar-refractivity contribution in [3.63, 3.8) is 0 Å². The van der Waals surface area contributed by atoms with Crippen molar-refractivity contribution in [1.82, 2.24) is 10.3 Å². The molecule has 2 aliphatic heterocycles. The first-order chi connectivity index (χ1) is 7.83. The summed E-state index contributed by atoms with van der Waals surface area (Å²) in [6.07, 6.45) is 6.58. The van der Waals surface area contributed by atoms with E-state index in [4.69, 9.17) is 11.6 Å². The molecule has 0 unspecified atom stereocenters. The van der Waals surface area contributed by atoms with Crippen molar-refractivity contribution in [1.29, 1.82) is 0 Å². The summed E-state index contributed by atoms with van der Waals surface area (Å²) in [6.45, 7) is 0. The standard InChI is InChI=1S/C13H17ClN2/c14-13-7-3-6-12(16-13)10-8-9-4-1-2-5-11(10)15-9/h3,6-7,9-11,15H,1-2,4-5,8H2/t9-,10-,11-/m0/s1. The van der Waals surface area contributed by atoms with Crippen molar-refractivity contribution >= 4 is 11.6 Å². The molecule has 0 spiro atoms. The van der Waals surface area contributed by atoms with Crippen molar-refractivity contribution in [2.24, 2.45) is 0 Å². The molecule has 3 heterocycles. The lowest BCUT2D eigenvalue weighted by Crippen LogP contribution is -2.28. The van der Waals surface area contributed by atoms with E-state index in [9.17, 15) is 0 Å². The van der Waals surface area contributed by atoms with Gasteiger partial charge >= 0.3 is 0 Å². The Morgan fingerprint density at radius 1 is 1.25 bits per heavy atom. The maximum atomic E-state index is 5.97. The van der Waals surface area contributed by atoms with Gasteiger partial charge in [0.15, 0.2) is 0 Å². The zero-order valence-electron chi connectivity index (χ0n) is 9.32. The van der Waals surface area contributed by atoms with E-state index >= 15 is 0 Å². The Morgan fingerprint density at radius 2 is 2.12 bits per heavy atom. The Morgan fingerprint density at radius 3 is 3.00 bits per heavy atom. The van der Waals surface area contributed by atoms with Gasteiger partial charge in [0.25, 0.3) is 0 Å². The summed E-state index contributed by atoms with van der Waals surface area (Å²) in [4.78, 5) is 4.47. The van der Waals surface area contributed by atoms with E-state index in [2.05, 4.69) is 16.4 Å². The molecular formula is C13H17ClN2. The zero-order valence-corrected chi connectivity index (χ0v) is 10.1. The van der Waals surface area contributed by atoms with E-state index in [0.29, 0.717) is 23.2 Å². The SMILES string of the molecule is Clc1cccc([C@H]2C[C@@H]3CCCC[C@@H]2N3)n1. The first-order valence-corrected chi connectivity index (χ1v) is 6.59. The first kappa shape index (κ1) is 10.5. The third-order valence-electron chi connectivity index (χ3n) is 3.91. The van der Waals surface area contributed by atoms with Crippen LogP contribution in [-0.2, 0) is 0 Å². The van der Waals surface area contributed by atoms with Crippen LogP contribution in [0.15, 0.2) is 18.2 Å². The second-order valence-corrected chi connectivity index (χ2v) is 5.37. The summed E-state index contributed by atoms with van der Waals surface area (Å²) >= 11 is 5.97. The van der Waals surface area contributed by atoms with Crippen LogP contribution >= 0.6 is 11.6 Å². The minimum Gasteiger partial charge on any atom is -0.311 e. The van der Waals surface area contributed by atoms with Crippen molar-refractivity contribution in [2.45, 2.75) is 50.1 Å². The molecule has 0 saturated carbocycles. The van der Waals surface area contributed by atoms with E-state index in [1.54, 1.807) is 0 Å². The quantitative estimate of drug-likeness (QED) is 0.758. The highest BCUT2D eigenvalue weighted by Gasteiger charge is 2.36. The minimum absolute atomic E-state index is 0.573. The Labute approximate surface area is 101 Å². The fourth-order valence-electron chi connectivity index (χ4n) is 3.16. The van der Waals surface area contributed by atoms with E-state index in [1.807, 2.05) is 12.1 Å². The Bertz CT molecular complexity index is 380. The van der Waals surface area contributed by atoms with Crippen LogP contribution in [0.3, 0.4) is 0 Å². The predicted octanol–water partition coefficient (Wildman–Crippen LogP) is 3.12. The number of hydrogen-bond donors (Lipinski definition) is 1. The Kier molecular flexibility index (Phi) is 2.86. The lowest BCUT2D eigenvalue weighted by atomic mass is 9.88. The van der Waals surface area contributed by atoms with Gasteiger partial charge in [0, 0.05) is 23.7 Å². The van der Waals surface area contributed by atoms with E-state index in [-0.39, 0.29) is 0 Å². The van der Waals surface area contributed by atoms with Gasteiger partial charge < -0.3 is 5.32 Å². The number of nitrogens with zero attached hydrogens (tertiary/aromatic N) is 1. The summed E-state index contributed by atoms with van der Waals surface area (Å²) in [5.74, 6) is 0.573. The van der Waals surface area contributed by atoms with Crippen LogP contribution in [0.25, 0.3) is 0 Å². The van der Waals surface area contributed by atoms with Gasteiger partial charge in [0.05, 0.1) is 0 Å². The number of hydrogen-bond acceptors (Lipinski definition) is 2. The largest absolute Gasteiger partial charge is 0.311 e. The maximum absolute atomic E-state index is 5.97. The van der Waals surface area contributed by atoms with Crippen LogP contribution in [-0.4, -0.2) is 17.1 Å². The van der Waals surface area contributed by atoms with Gasteiger partial charge in [-0.05, 0) is 31.4 Å². The summed E-state index contributed by atoms with van der Waals surface area (Å²) in [5.41, 5.74) is 1.18. The van der Waals surface area contributed by atoms with Crippen LogP contribution in [0.5, 0.6) is 0 Å². The molecule has 2 nitrogen and oxygen atoms in total. The molecule has 2 bridgehead atoms. The van der Waals surface area contributed by atoms with Crippen LogP contribution < -0.4 is 5.32 Å². The van der Waals surface area contributed by atoms with Gasteiger partial charge in [0.2, 0.25) is 0 Å². The van der Waals surface area contributed by atoms with Gasteiger partial charge in [-0.15, -0.1) is 0 Å². The monoisotopic (exact) mass is 236 g/mol. The normalized spacial score (nSPS) is 33.7. The number of fused-ring (bicyclic) bond motifs is 2. The molecule has 3 rings (SSSR count). The molecule has 86 valence electrons. The zero-order chi connectivity index (χ0) is 11.0. The van der Waals surface area contributed by atoms with Gasteiger partial charge in [-0.3, -0.25) is 0 Å². The van der Waals surface area contributed by atoms with Crippen molar-refractivity contribution in [2.75, 3.05) is 0 Å². The van der Waals surface area contributed by atoms with Crippen molar-refractivity contribution in [3.05, 3.63) is 29.0 Å². The fourth-order valence-corrected chi connectivity index (χ4v) is 3.33. The molecule has 2 saturated heterocycles. The molecule has 2 fully saturated rings. The summed E-state index contributed by atoms with van der Waals surface area (Å²) in [5, 5.41) is 4.36. The molecule has 0 aromatic carbocycles. The second kappa shape index (κ2) is 4.34.